The van der Waals surface area contributed by atoms with Gasteiger partial charge in [-0.2, -0.15) is 0 Å². The summed E-state index contributed by atoms with van der Waals surface area (Å²) in [5.41, 5.74) is 1.83. The van der Waals surface area contributed by atoms with Crippen molar-refractivity contribution < 1.29 is 4.79 Å². The molecule has 0 spiro atoms. The van der Waals surface area contributed by atoms with Gasteiger partial charge in [-0.15, -0.1) is 0 Å². The van der Waals surface area contributed by atoms with Gasteiger partial charge in [0.05, 0.1) is 0 Å². The van der Waals surface area contributed by atoms with Crippen molar-refractivity contribution in [1.82, 2.24) is 20.2 Å². The molecule has 2 aromatic rings. The van der Waals surface area contributed by atoms with Gasteiger partial charge in [0.25, 0.3) is 5.91 Å². The molecule has 0 unspecified atom stereocenters. The third-order valence-corrected chi connectivity index (χ3v) is 3.46. The molecule has 21 heavy (non-hydrogen) atoms. The Kier molecular flexibility index (Phi) is 5.51. The highest BCUT2D eigenvalue weighted by Crippen LogP contribution is 2.09. The van der Waals surface area contributed by atoms with E-state index in [-0.39, 0.29) is 5.91 Å². The molecule has 1 aromatic carbocycles. The van der Waals surface area contributed by atoms with E-state index in [1.165, 1.54) is 0 Å². The van der Waals surface area contributed by atoms with Crippen LogP contribution in [0.4, 0.5) is 0 Å². The number of rotatable bonds is 7. The topological polar surface area (TPSA) is 59.0 Å². The van der Waals surface area contributed by atoms with Crippen LogP contribution >= 0.6 is 0 Å². The average Bonchev–Trinajstić information content (AvgIpc) is 2.91. The molecular weight excluding hydrogens is 264 g/mol. The molecule has 112 valence electrons. The van der Waals surface area contributed by atoms with Crippen LogP contribution in [0.1, 0.15) is 21.7 Å². The molecule has 0 aliphatic rings. The number of carbonyl (C=O) groups excluding carboxylic acids is 1. The minimum Gasteiger partial charge on any atom is -0.352 e. The van der Waals surface area contributed by atoms with E-state index in [1.807, 2.05) is 49.1 Å². The van der Waals surface area contributed by atoms with Gasteiger partial charge < -0.3 is 15.2 Å². The zero-order chi connectivity index (χ0) is 15.1. The fourth-order valence-corrected chi connectivity index (χ4v) is 2.24. The number of nitrogens with one attached hydrogen (secondary N) is 2. The van der Waals surface area contributed by atoms with Gasteiger partial charge >= 0.3 is 0 Å². The van der Waals surface area contributed by atoms with Crippen LogP contribution in [0.3, 0.4) is 0 Å². The first-order valence-electron chi connectivity index (χ1n) is 7.19. The van der Waals surface area contributed by atoms with Gasteiger partial charge in [-0.1, -0.05) is 18.2 Å². The molecule has 0 bridgehead atoms. The minimum atomic E-state index is -0.0177. The maximum absolute atomic E-state index is 12.3. The summed E-state index contributed by atoms with van der Waals surface area (Å²) < 4.78 is 1.97. The molecule has 0 saturated carbocycles. The van der Waals surface area contributed by atoms with Crippen LogP contribution in [-0.2, 0) is 19.9 Å². The van der Waals surface area contributed by atoms with Crippen LogP contribution in [-0.4, -0.2) is 35.6 Å². The van der Waals surface area contributed by atoms with E-state index in [9.17, 15) is 4.79 Å². The number of amides is 1. The fraction of sp³-hybridized carbons (Fsp3) is 0.375. The largest absolute Gasteiger partial charge is 0.352 e. The van der Waals surface area contributed by atoms with Crippen LogP contribution in [0, 0.1) is 0 Å². The van der Waals surface area contributed by atoms with Crippen LogP contribution in [0.15, 0.2) is 36.7 Å². The monoisotopic (exact) mass is 286 g/mol. The molecule has 1 heterocycles. The molecular formula is C16H22N4O. The molecule has 2 rings (SSSR count). The molecule has 0 aliphatic heterocycles. The molecule has 0 aliphatic carbocycles. The molecule has 0 saturated heterocycles. The number of benzene rings is 1. The number of hydrogen-bond donors (Lipinski definition) is 2. The van der Waals surface area contributed by atoms with Crippen LogP contribution in [0.2, 0.25) is 0 Å². The molecule has 5 heteroatoms. The number of hydrogen-bond acceptors (Lipinski definition) is 3. The molecule has 0 atom stereocenters. The Labute approximate surface area is 125 Å². The Morgan fingerprint density at radius 2 is 2.05 bits per heavy atom. The number of carbonyl (C=O) groups is 1. The number of aromatic nitrogens is 2. The van der Waals surface area contributed by atoms with Crippen molar-refractivity contribution in [2.45, 2.75) is 12.8 Å². The maximum Gasteiger partial charge on any atom is 0.251 e. The zero-order valence-electron chi connectivity index (χ0n) is 12.6. The van der Waals surface area contributed by atoms with E-state index >= 15 is 0 Å². The standard InChI is InChI=1S/C16H22N4O/c1-17-9-7-13-5-3-4-6-14(13)16(21)19-10-8-15-18-11-12-20(15)2/h3-6,11-12,17H,7-10H2,1-2H3,(H,19,21). The van der Waals surface area contributed by atoms with E-state index in [0.29, 0.717) is 6.54 Å². The summed E-state index contributed by atoms with van der Waals surface area (Å²) in [7, 11) is 3.87. The Bertz CT molecular complexity index is 591. The predicted octanol–water partition coefficient (Wildman–Crippen LogP) is 1.15. The lowest BCUT2D eigenvalue weighted by Crippen LogP contribution is -2.27. The molecule has 0 radical (unpaired) electrons. The lowest BCUT2D eigenvalue weighted by Gasteiger charge is -2.10. The minimum absolute atomic E-state index is 0.0177. The Morgan fingerprint density at radius 1 is 1.24 bits per heavy atom. The lowest BCUT2D eigenvalue weighted by molar-refractivity contribution is 0.0953. The summed E-state index contributed by atoms with van der Waals surface area (Å²) in [5, 5.41) is 6.08. The smallest absolute Gasteiger partial charge is 0.251 e. The maximum atomic E-state index is 12.3. The van der Waals surface area contributed by atoms with Gasteiger partial charge in [0.15, 0.2) is 0 Å². The second-order valence-corrected chi connectivity index (χ2v) is 4.97. The lowest BCUT2D eigenvalue weighted by atomic mass is 10.0. The van der Waals surface area contributed by atoms with Gasteiger partial charge in [-0.25, -0.2) is 4.98 Å². The van der Waals surface area contributed by atoms with Crippen molar-refractivity contribution in [3.8, 4) is 0 Å². The van der Waals surface area contributed by atoms with Gasteiger partial charge in [-0.3, -0.25) is 4.79 Å². The van der Waals surface area contributed by atoms with Gasteiger partial charge in [0, 0.05) is 38.0 Å². The molecule has 5 nitrogen and oxygen atoms in total. The van der Waals surface area contributed by atoms with E-state index in [0.717, 1.165) is 36.3 Å². The fourth-order valence-electron chi connectivity index (χ4n) is 2.24. The van der Waals surface area contributed by atoms with Gasteiger partial charge in [0.2, 0.25) is 0 Å². The van der Waals surface area contributed by atoms with Gasteiger partial charge in [0.1, 0.15) is 5.82 Å². The second-order valence-electron chi connectivity index (χ2n) is 4.97. The second kappa shape index (κ2) is 7.59. The molecule has 1 aromatic heterocycles. The summed E-state index contributed by atoms with van der Waals surface area (Å²) >= 11 is 0. The molecule has 2 N–H and O–H groups in total. The van der Waals surface area contributed by atoms with Crippen LogP contribution in [0.25, 0.3) is 0 Å². The van der Waals surface area contributed by atoms with Crippen molar-refractivity contribution >= 4 is 5.91 Å². The summed E-state index contributed by atoms with van der Waals surface area (Å²) in [6.45, 7) is 1.45. The first kappa shape index (κ1) is 15.3. The highest BCUT2D eigenvalue weighted by atomic mass is 16.1. The number of imidazole rings is 1. The quantitative estimate of drug-likeness (QED) is 0.803. The summed E-state index contributed by atoms with van der Waals surface area (Å²) in [4.78, 5) is 16.5. The van der Waals surface area contributed by atoms with Crippen molar-refractivity contribution in [1.29, 1.82) is 0 Å². The van der Waals surface area contributed by atoms with Gasteiger partial charge in [-0.05, 0) is 31.6 Å². The third kappa shape index (κ3) is 4.16. The highest BCUT2D eigenvalue weighted by Gasteiger charge is 2.10. The Hall–Kier alpha value is -2.14. The average molecular weight is 286 g/mol. The first-order chi connectivity index (χ1) is 10.2. The van der Waals surface area contributed by atoms with E-state index in [1.54, 1.807) is 6.20 Å². The first-order valence-corrected chi connectivity index (χ1v) is 7.19. The number of aryl methyl sites for hydroxylation is 1. The zero-order valence-corrected chi connectivity index (χ0v) is 12.6. The van der Waals surface area contributed by atoms with E-state index in [4.69, 9.17) is 0 Å². The number of likely N-dealkylation sites (N-methyl/N-ethyl adjacent to an activating group) is 1. The SMILES string of the molecule is CNCCc1ccccc1C(=O)NCCc1nccn1C. The third-order valence-electron chi connectivity index (χ3n) is 3.46. The van der Waals surface area contributed by atoms with Crippen molar-refractivity contribution in [3.63, 3.8) is 0 Å². The van der Waals surface area contributed by atoms with Crippen LogP contribution in [0.5, 0.6) is 0 Å². The molecule has 0 fully saturated rings. The predicted molar refractivity (Wildman–Crippen MR) is 83.3 cm³/mol. The highest BCUT2D eigenvalue weighted by molar-refractivity contribution is 5.95. The van der Waals surface area contributed by atoms with Crippen LogP contribution < -0.4 is 10.6 Å². The summed E-state index contributed by atoms with van der Waals surface area (Å²) in [5.74, 6) is 0.953. The van der Waals surface area contributed by atoms with Crippen molar-refractivity contribution in [3.05, 3.63) is 53.6 Å². The number of nitrogens with zero attached hydrogens (tertiary/aromatic N) is 2. The van der Waals surface area contributed by atoms with Crippen molar-refractivity contribution in [2.24, 2.45) is 7.05 Å². The Balaban J connectivity index is 1.92. The normalized spacial score (nSPS) is 10.6. The van der Waals surface area contributed by atoms with E-state index in [2.05, 4.69) is 15.6 Å². The summed E-state index contributed by atoms with van der Waals surface area (Å²) in [6, 6.07) is 7.75. The summed E-state index contributed by atoms with van der Waals surface area (Å²) in [6.07, 6.45) is 5.25. The van der Waals surface area contributed by atoms with Crippen molar-refractivity contribution in [2.75, 3.05) is 20.1 Å². The Morgan fingerprint density at radius 3 is 2.76 bits per heavy atom. The van der Waals surface area contributed by atoms with E-state index < -0.39 is 0 Å². The molecule has 1 amide bonds.